The van der Waals surface area contributed by atoms with Gasteiger partial charge in [-0.05, 0) is 76.7 Å². The molecule has 0 bridgehead atoms. The lowest BCUT2D eigenvalue weighted by Crippen LogP contribution is -1.81. The first-order valence-corrected chi connectivity index (χ1v) is 8.83. The predicted octanol–water partition coefficient (Wildman–Crippen LogP) is 6.92. The third kappa shape index (κ3) is 3.84. The molecule has 24 heavy (non-hydrogen) atoms. The van der Waals surface area contributed by atoms with Crippen LogP contribution in [0.2, 0.25) is 10.0 Å². The molecular formula is C19H10Cl2INO. The highest BCUT2D eigenvalue weighted by atomic mass is 127. The third-order valence-corrected chi connectivity index (χ3v) is 4.65. The summed E-state index contributed by atoms with van der Waals surface area (Å²) in [5.41, 5.74) is 2.14. The van der Waals surface area contributed by atoms with Crippen LogP contribution in [0.4, 0.5) is 0 Å². The van der Waals surface area contributed by atoms with E-state index in [4.69, 9.17) is 27.6 Å². The van der Waals surface area contributed by atoms with E-state index in [2.05, 4.69) is 28.7 Å². The summed E-state index contributed by atoms with van der Waals surface area (Å²) in [5.74, 6) is 1.22. The van der Waals surface area contributed by atoms with E-state index in [9.17, 15) is 5.26 Å². The zero-order chi connectivity index (χ0) is 17.1. The van der Waals surface area contributed by atoms with Crippen LogP contribution in [0.25, 0.3) is 23.0 Å². The van der Waals surface area contributed by atoms with Gasteiger partial charge < -0.3 is 4.42 Å². The van der Waals surface area contributed by atoms with Crippen molar-refractivity contribution in [3.05, 3.63) is 79.5 Å². The Kier molecular flexibility index (Phi) is 5.30. The minimum Gasteiger partial charge on any atom is -0.457 e. The Morgan fingerprint density at radius 1 is 1.04 bits per heavy atom. The molecule has 0 spiro atoms. The summed E-state index contributed by atoms with van der Waals surface area (Å²) in [6.07, 6.45) is 1.72. The maximum Gasteiger partial charge on any atom is 0.136 e. The molecule has 0 aliphatic carbocycles. The maximum absolute atomic E-state index is 9.41. The fraction of sp³-hybridized carbons (Fsp3) is 0. The molecule has 2 nitrogen and oxygen atoms in total. The van der Waals surface area contributed by atoms with E-state index in [1.165, 1.54) is 0 Å². The van der Waals surface area contributed by atoms with Crippen molar-refractivity contribution < 1.29 is 4.42 Å². The topological polar surface area (TPSA) is 36.9 Å². The number of allylic oxidation sites excluding steroid dienone is 1. The highest BCUT2D eigenvalue weighted by molar-refractivity contribution is 14.1. The van der Waals surface area contributed by atoms with Gasteiger partial charge in [-0.1, -0.05) is 35.3 Å². The van der Waals surface area contributed by atoms with Crippen molar-refractivity contribution in [1.29, 1.82) is 5.26 Å². The lowest BCUT2D eigenvalue weighted by Gasteiger charge is -2.01. The van der Waals surface area contributed by atoms with Crippen molar-refractivity contribution >= 4 is 57.4 Å². The van der Waals surface area contributed by atoms with Gasteiger partial charge in [0.25, 0.3) is 0 Å². The third-order valence-electron chi connectivity index (χ3n) is 3.39. The zero-order valence-electron chi connectivity index (χ0n) is 12.3. The van der Waals surface area contributed by atoms with E-state index in [0.29, 0.717) is 27.1 Å². The number of rotatable bonds is 3. The largest absolute Gasteiger partial charge is 0.457 e. The van der Waals surface area contributed by atoms with Crippen LogP contribution in [0.15, 0.2) is 59.0 Å². The van der Waals surface area contributed by atoms with Crippen LogP contribution in [0, 0.1) is 14.9 Å². The lowest BCUT2D eigenvalue weighted by atomic mass is 10.1. The summed E-state index contributed by atoms with van der Waals surface area (Å²) in [5, 5.41) is 10.5. The van der Waals surface area contributed by atoms with Crippen LogP contribution in [-0.2, 0) is 0 Å². The first kappa shape index (κ1) is 17.1. The molecular weight excluding hydrogens is 456 g/mol. The van der Waals surface area contributed by atoms with Crippen molar-refractivity contribution in [1.82, 2.24) is 0 Å². The second-order valence-corrected chi connectivity index (χ2v) is 7.09. The molecule has 1 aromatic heterocycles. The number of halogens is 3. The minimum atomic E-state index is 0.519. The Morgan fingerprint density at radius 3 is 2.46 bits per heavy atom. The second-order valence-electron chi connectivity index (χ2n) is 5.00. The fourth-order valence-corrected chi connectivity index (χ4v) is 3.08. The molecule has 0 saturated carbocycles. The summed E-state index contributed by atoms with van der Waals surface area (Å²) >= 11 is 14.3. The predicted molar refractivity (Wildman–Crippen MR) is 107 cm³/mol. The van der Waals surface area contributed by atoms with E-state index >= 15 is 0 Å². The van der Waals surface area contributed by atoms with Gasteiger partial charge in [-0.25, -0.2) is 0 Å². The van der Waals surface area contributed by atoms with Crippen molar-refractivity contribution in [2.45, 2.75) is 0 Å². The smallest absolute Gasteiger partial charge is 0.136 e. The van der Waals surface area contributed by atoms with Crippen molar-refractivity contribution in [2.75, 3.05) is 0 Å². The number of nitrogens with zero attached hydrogens (tertiary/aromatic N) is 1. The minimum absolute atomic E-state index is 0.519. The molecule has 1 heterocycles. The number of furan rings is 1. The summed E-state index contributed by atoms with van der Waals surface area (Å²) in [7, 11) is 0. The van der Waals surface area contributed by atoms with Gasteiger partial charge in [-0.3, -0.25) is 0 Å². The van der Waals surface area contributed by atoms with Gasteiger partial charge >= 0.3 is 0 Å². The molecule has 0 unspecified atom stereocenters. The van der Waals surface area contributed by atoms with Crippen molar-refractivity contribution in [3.63, 3.8) is 0 Å². The molecule has 5 heteroatoms. The van der Waals surface area contributed by atoms with E-state index in [-0.39, 0.29) is 0 Å². The monoisotopic (exact) mass is 465 g/mol. The normalized spacial score (nSPS) is 11.3. The van der Waals surface area contributed by atoms with Crippen LogP contribution < -0.4 is 0 Å². The van der Waals surface area contributed by atoms with Crippen molar-refractivity contribution in [2.24, 2.45) is 0 Å². The van der Waals surface area contributed by atoms with Gasteiger partial charge in [0.1, 0.15) is 11.5 Å². The molecule has 3 aromatic rings. The van der Waals surface area contributed by atoms with Gasteiger partial charge in [0.2, 0.25) is 0 Å². The first-order valence-electron chi connectivity index (χ1n) is 7.00. The zero-order valence-corrected chi connectivity index (χ0v) is 15.9. The summed E-state index contributed by atoms with van der Waals surface area (Å²) in [6.45, 7) is 0. The molecule has 3 rings (SSSR count). The highest BCUT2D eigenvalue weighted by Gasteiger charge is 2.09. The van der Waals surface area contributed by atoms with E-state index < -0.39 is 0 Å². The average Bonchev–Trinajstić information content (AvgIpc) is 3.02. The van der Waals surface area contributed by atoms with Gasteiger partial charge in [0.05, 0.1) is 16.7 Å². The summed E-state index contributed by atoms with van der Waals surface area (Å²) in [4.78, 5) is 0. The van der Waals surface area contributed by atoms with Crippen LogP contribution in [0.3, 0.4) is 0 Å². The molecule has 0 atom stereocenters. The van der Waals surface area contributed by atoms with Crippen molar-refractivity contribution in [3.8, 4) is 17.4 Å². The summed E-state index contributed by atoms with van der Waals surface area (Å²) < 4.78 is 6.93. The first-order chi connectivity index (χ1) is 11.6. The number of hydrogen-bond acceptors (Lipinski definition) is 2. The average molecular weight is 466 g/mol. The summed E-state index contributed by atoms with van der Waals surface area (Å²) in [6, 6.07) is 18.8. The van der Waals surface area contributed by atoms with E-state index in [1.54, 1.807) is 24.3 Å². The molecule has 0 aliphatic rings. The Morgan fingerprint density at radius 2 is 1.79 bits per heavy atom. The quantitative estimate of drug-likeness (QED) is 0.311. The highest BCUT2D eigenvalue weighted by Crippen LogP contribution is 2.32. The van der Waals surface area contributed by atoms with Crippen LogP contribution in [0.1, 0.15) is 11.3 Å². The Balaban J connectivity index is 1.95. The van der Waals surface area contributed by atoms with E-state index in [1.807, 2.05) is 36.4 Å². The molecule has 0 N–H and O–H groups in total. The standard InChI is InChI=1S/C19H10Cl2INO/c20-14-3-7-17(18(21)10-14)19-8-6-16(24-19)9-13(11-23)12-1-4-15(22)5-2-12/h1-10H/b13-9-. The van der Waals surface area contributed by atoms with Gasteiger partial charge in [0, 0.05) is 14.2 Å². The van der Waals surface area contributed by atoms with Crippen LogP contribution in [0.5, 0.6) is 0 Å². The number of hydrogen-bond donors (Lipinski definition) is 0. The molecule has 0 fully saturated rings. The molecule has 2 aromatic carbocycles. The van der Waals surface area contributed by atoms with Crippen LogP contribution in [-0.4, -0.2) is 0 Å². The number of benzene rings is 2. The lowest BCUT2D eigenvalue weighted by molar-refractivity contribution is 0.572. The molecule has 0 saturated heterocycles. The number of nitriles is 1. The Hall–Kier alpha value is -1.74. The van der Waals surface area contributed by atoms with Gasteiger partial charge in [-0.2, -0.15) is 5.26 Å². The molecule has 0 amide bonds. The fourth-order valence-electron chi connectivity index (χ4n) is 2.22. The van der Waals surface area contributed by atoms with E-state index in [0.717, 1.165) is 14.7 Å². The molecule has 118 valence electrons. The van der Waals surface area contributed by atoms with Gasteiger partial charge in [-0.15, -0.1) is 0 Å². The van der Waals surface area contributed by atoms with Gasteiger partial charge in [0.15, 0.2) is 0 Å². The molecule has 0 aliphatic heterocycles. The SMILES string of the molecule is N#C/C(=C/c1ccc(-c2ccc(Cl)cc2Cl)o1)c1ccc(I)cc1. The maximum atomic E-state index is 9.41. The van der Waals surface area contributed by atoms with Crippen LogP contribution >= 0.6 is 45.8 Å². The Bertz CT molecular complexity index is 952. The Labute approximate surface area is 163 Å². The molecule has 0 radical (unpaired) electrons. The second kappa shape index (κ2) is 7.43.